The number of H-pyrrole nitrogens is 1. The number of aryl methyl sites for hydroxylation is 1. The average Bonchev–Trinajstić information content (AvgIpc) is 3.28. The van der Waals surface area contributed by atoms with Crippen molar-refractivity contribution >= 4 is 55.5 Å². The largest absolute Gasteiger partial charge is 0.353 e. The van der Waals surface area contributed by atoms with Gasteiger partial charge in [0.15, 0.2) is 5.71 Å². The number of hydrogen-bond donors (Lipinski definition) is 2. The normalized spacial score (nSPS) is 18.0. The van der Waals surface area contributed by atoms with Crippen LogP contribution in [-0.2, 0) is 16.6 Å². The lowest BCUT2D eigenvalue weighted by atomic mass is 9.85. The Morgan fingerprint density at radius 3 is 2.64 bits per heavy atom. The van der Waals surface area contributed by atoms with Crippen molar-refractivity contribution in [2.75, 3.05) is 5.32 Å². The van der Waals surface area contributed by atoms with Crippen LogP contribution in [0.15, 0.2) is 45.0 Å². The van der Waals surface area contributed by atoms with E-state index in [1.807, 2.05) is 0 Å². The molecular weight excluding hydrogens is 486 g/mol. The number of nitro groups is 1. The number of anilines is 1. The van der Waals surface area contributed by atoms with Crippen molar-refractivity contribution < 1.29 is 9.72 Å². The molecule has 2 heterocycles. The third kappa shape index (κ3) is 3.66. The van der Waals surface area contributed by atoms with Crippen molar-refractivity contribution in [3.63, 3.8) is 0 Å². The summed E-state index contributed by atoms with van der Waals surface area (Å²) in [6.45, 7) is 6.59. The molecule has 2 aromatic carbocycles. The number of nitrogens with zero attached hydrogens (tertiary/aromatic N) is 3. The van der Waals surface area contributed by atoms with Crippen LogP contribution in [0.2, 0.25) is 0 Å². The van der Waals surface area contributed by atoms with E-state index in [9.17, 15) is 14.9 Å². The predicted molar refractivity (Wildman–Crippen MR) is 132 cm³/mol. The zero-order valence-corrected chi connectivity index (χ0v) is 20.0. The quantitative estimate of drug-likeness (QED) is 0.346. The van der Waals surface area contributed by atoms with Crippen molar-refractivity contribution in [2.24, 2.45) is 10.2 Å². The lowest BCUT2D eigenvalue weighted by Gasteiger charge is -2.19. The van der Waals surface area contributed by atoms with Crippen LogP contribution >= 0.6 is 15.9 Å². The van der Waals surface area contributed by atoms with Gasteiger partial charge < -0.3 is 10.3 Å². The standard InChI is InChI=1S/C24H22BrN5O3/c1-24(2,3)12-7-8-17-15(9-12)14-5-4-6-18(20(14)26-17)28-29-22-16-10-13(25)11-19(30(32)33)21(16)27-23(22)31/h7-11,26H,4-6H2,1-3H3,(H,27,29,31)/b28-18-. The molecule has 0 fully saturated rings. The molecule has 3 aromatic rings. The van der Waals surface area contributed by atoms with Crippen molar-refractivity contribution in [3.8, 4) is 0 Å². The summed E-state index contributed by atoms with van der Waals surface area (Å²) in [7, 11) is 0. The first kappa shape index (κ1) is 21.5. The summed E-state index contributed by atoms with van der Waals surface area (Å²) in [5, 5.41) is 23.9. The number of aromatic nitrogens is 1. The Kier molecular flexibility index (Phi) is 4.97. The number of aromatic amines is 1. The smallest absolute Gasteiger partial charge is 0.294 e. The fourth-order valence-electron chi connectivity index (χ4n) is 4.44. The highest BCUT2D eigenvalue weighted by Gasteiger charge is 2.33. The second-order valence-corrected chi connectivity index (χ2v) is 10.3. The minimum atomic E-state index is -0.525. The Balaban J connectivity index is 1.60. The van der Waals surface area contributed by atoms with Gasteiger partial charge in [0, 0.05) is 27.0 Å². The Bertz CT molecular complexity index is 1410. The summed E-state index contributed by atoms with van der Waals surface area (Å²) >= 11 is 3.28. The fourth-order valence-corrected chi connectivity index (χ4v) is 4.88. The van der Waals surface area contributed by atoms with E-state index >= 15 is 0 Å². The molecule has 0 bridgehead atoms. The lowest BCUT2D eigenvalue weighted by Crippen LogP contribution is -2.15. The van der Waals surface area contributed by atoms with Gasteiger partial charge in [0.1, 0.15) is 5.69 Å². The highest BCUT2D eigenvalue weighted by atomic mass is 79.9. The maximum Gasteiger partial charge on any atom is 0.294 e. The number of benzene rings is 2. The maximum absolute atomic E-state index is 12.6. The van der Waals surface area contributed by atoms with Crippen molar-refractivity contribution in [3.05, 3.63) is 67.3 Å². The van der Waals surface area contributed by atoms with Gasteiger partial charge in [0.05, 0.1) is 16.3 Å². The average molecular weight is 508 g/mol. The second kappa shape index (κ2) is 7.62. The molecule has 2 aliphatic rings. The number of fused-ring (bicyclic) bond motifs is 4. The molecule has 5 rings (SSSR count). The number of nitrogens with one attached hydrogen (secondary N) is 2. The first-order valence-corrected chi connectivity index (χ1v) is 11.5. The van der Waals surface area contributed by atoms with Crippen LogP contribution in [0.25, 0.3) is 10.9 Å². The first-order chi connectivity index (χ1) is 15.6. The molecule has 168 valence electrons. The van der Waals surface area contributed by atoms with Crippen molar-refractivity contribution in [1.82, 2.24) is 4.98 Å². The third-order valence-corrected chi connectivity index (χ3v) is 6.62. The van der Waals surface area contributed by atoms with E-state index in [2.05, 4.69) is 75.4 Å². The van der Waals surface area contributed by atoms with E-state index in [1.165, 1.54) is 22.6 Å². The second-order valence-electron chi connectivity index (χ2n) is 9.40. The SMILES string of the molecule is CC(C)(C)c1ccc2[nH]c3c(c2c1)CCC/C3=N/N=C1/C(=O)Nc2c1cc(Br)cc2[N+](=O)[O-]. The van der Waals surface area contributed by atoms with Crippen LogP contribution in [0.4, 0.5) is 11.4 Å². The number of halogens is 1. The van der Waals surface area contributed by atoms with Crippen LogP contribution in [0, 0.1) is 10.1 Å². The van der Waals surface area contributed by atoms with Gasteiger partial charge in [-0.25, -0.2) is 0 Å². The predicted octanol–water partition coefficient (Wildman–Crippen LogP) is 5.62. The van der Waals surface area contributed by atoms with Gasteiger partial charge in [-0.15, -0.1) is 5.10 Å². The zero-order valence-electron chi connectivity index (χ0n) is 18.5. The number of amides is 1. The van der Waals surface area contributed by atoms with Crippen LogP contribution in [0.1, 0.15) is 56.0 Å². The molecule has 0 radical (unpaired) electrons. The van der Waals surface area contributed by atoms with E-state index in [-0.39, 0.29) is 22.5 Å². The molecule has 33 heavy (non-hydrogen) atoms. The van der Waals surface area contributed by atoms with Gasteiger partial charge in [-0.3, -0.25) is 14.9 Å². The van der Waals surface area contributed by atoms with E-state index in [4.69, 9.17) is 0 Å². The summed E-state index contributed by atoms with van der Waals surface area (Å²) in [5.74, 6) is -0.502. The molecule has 0 saturated carbocycles. The topological polar surface area (TPSA) is 113 Å². The number of carbonyl (C=O) groups excluding carboxylic acids is 1. The molecule has 8 nitrogen and oxygen atoms in total. The highest BCUT2D eigenvalue weighted by molar-refractivity contribution is 9.10. The van der Waals surface area contributed by atoms with Crippen LogP contribution < -0.4 is 5.32 Å². The fraction of sp³-hybridized carbons (Fsp3) is 0.292. The Labute approximate surface area is 198 Å². The van der Waals surface area contributed by atoms with Gasteiger partial charge >= 0.3 is 0 Å². The first-order valence-electron chi connectivity index (χ1n) is 10.7. The van der Waals surface area contributed by atoms with Crippen molar-refractivity contribution in [2.45, 2.75) is 45.4 Å². The van der Waals surface area contributed by atoms with Gasteiger partial charge in [-0.2, -0.15) is 5.10 Å². The third-order valence-electron chi connectivity index (χ3n) is 6.16. The number of carbonyl (C=O) groups is 1. The maximum atomic E-state index is 12.6. The molecule has 1 aliphatic carbocycles. The molecular formula is C24H22BrN5O3. The minimum absolute atomic E-state index is 0.0516. The molecule has 1 amide bonds. The molecule has 9 heteroatoms. The van der Waals surface area contributed by atoms with E-state index in [0.29, 0.717) is 10.0 Å². The molecule has 0 unspecified atom stereocenters. The lowest BCUT2D eigenvalue weighted by molar-refractivity contribution is -0.384. The van der Waals surface area contributed by atoms with Crippen molar-refractivity contribution in [1.29, 1.82) is 0 Å². The zero-order chi connectivity index (χ0) is 23.5. The minimum Gasteiger partial charge on any atom is -0.353 e. The number of hydrogen-bond acceptors (Lipinski definition) is 5. The highest BCUT2D eigenvalue weighted by Crippen LogP contribution is 2.37. The van der Waals surface area contributed by atoms with Gasteiger partial charge in [-0.05, 0) is 54.0 Å². The Morgan fingerprint density at radius 2 is 1.91 bits per heavy atom. The van der Waals surface area contributed by atoms with Crippen LogP contribution in [0.3, 0.4) is 0 Å². The summed E-state index contributed by atoms with van der Waals surface area (Å²) < 4.78 is 0.495. The molecule has 0 spiro atoms. The van der Waals surface area contributed by atoms with E-state index < -0.39 is 10.8 Å². The monoisotopic (exact) mass is 507 g/mol. The van der Waals surface area contributed by atoms with Crippen LogP contribution in [0.5, 0.6) is 0 Å². The summed E-state index contributed by atoms with van der Waals surface area (Å²) in [4.78, 5) is 26.9. The summed E-state index contributed by atoms with van der Waals surface area (Å²) in [6, 6.07) is 9.50. The summed E-state index contributed by atoms with van der Waals surface area (Å²) in [5.41, 5.74) is 5.73. The number of nitro benzene ring substituents is 1. The van der Waals surface area contributed by atoms with E-state index in [1.54, 1.807) is 6.07 Å². The summed E-state index contributed by atoms with van der Waals surface area (Å²) in [6.07, 6.45) is 2.61. The molecule has 2 N–H and O–H groups in total. The van der Waals surface area contributed by atoms with Gasteiger partial charge in [0.2, 0.25) is 0 Å². The molecule has 1 aliphatic heterocycles. The molecule has 1 aromatic heterocycles. The van der Waals surface area contributed by atoms with E-state index in [0.717, 1.165) is 36.2 Å². The number of rotatable bonds is 2. The Hall–Kier alpha value is -3.33. The molecule has 0 saturated heterocycles. The van der Waals surface area contributed by atoms with Gasteiger partial charge in [-0.1, -0.05) is 42.8 Å². The van der Waals surface area contributed by atoms with Gasteiger partial charge in [0.25, 0.3) is 11.6 Å². The van der Waals surface area contributed by atoms with Crippen LogP contribution in [-0.4, -0.2) is 27.2 Å². The molecule has 0 atom stereocenters. The Morgan fingerprint density at radius 1 is 1.12 bits per heavy atom.